The van der Waals surface area contributed by atoms with Gasteiger partial charge in [-0.15, -0.1) is 0 Å². The van der Waals surface area contributed by atoms with E-state index in [4.69, 9.17) is 0 Å². The van der Waals surface area contributed by atoms with E-state index in [-0.39, 0.29) is 16.8 Å². The molecule has 0 amide bonds. The molecular formula is C16H17F2P. The first-order chi connectivity index (χ1) is 8.91. The van der Waals surface area contributed by atoms with Crippen molar-refractivity contribution in [1.29, 1.82) is 0 Å². The van der Waals surface area contributed by atoms with Gasteiger partial charge in [0, 0.05) is 10.6 Å². The Bertz CT molecular complexity index is 527. The molecule has 0 bridgehead atoms. The molecule has 0 unspecified atom stereocenters. The lowest BCUT2D eigenvalue weighted by Crippen LogP contribution is -2.29. The topological polar surface area (TPSA) is 0 Å². The first-order valence-corrected chi connectivity index (χ1v) is 7.55. The molecule has 0 saturated carbocycles. The Balaban J connectivity index is 2.62. The molecular weight excluding hydrogens is 261 g/mol. The molecule has 0 saturated heterocycles. The predicted octanol–water partition coefficient (Wildman–Crippen LogP) is 4.20. The van der Waals surface area contributed by atoms with Crippen LogP contribution in [0, 0.1) is 11.6 Å². The van der Waals surface area contributed by atoms with Crippen LogP contribution in [0.5, 0.6) is 0 Å². The third-order valence-corrected chi connectivity index (χ3v) is 5.89. The van der Waals surface area contributed by atoms with Gasteiger partial charge in [0.25, 0.3) is 0 Å². The van der Waals surface area contributed by atoms with Crippen LogP contribution >= 0.6 is 7.92 Å². The third-order valence-electron chi connectivity index (χ3n) is 2.86. The molecule has 0 nitrogen and oxygen atoms in total. The van der Waals surface area contributed by atoms with Gasteiger partial charge in [-0.2, -0.15) is 0 Å². The zero-order valence-electron chi connectivity index (χ0n) is 11.3. The number of rotatable bonds is 2. The summed E-state index contributed by atoms with van der Waals surface area (Å²) >= 11 is 0. The molecule has 0 heterocycles. The highest BCUT2D eigenvalue weighted by Gasteiger charge is 2.31. The Kier molecular flexibility index (Phi) is 4.01. The highest BCUT2D eigenvalue weighted by molar-refractivity contribution is 7.74. The van der Waals surface area contributed by atoms with E-state index >= 15 is 0 Å². The van der Waals surface area contributed by atoms with Crippen LogP contribution in [0.2, 0.25) is 0 Å². The van der Waals surface area contributed by atoms with Crippen molar-refractivity contribution in [3.8, 4) is 0 Å². The lowest BCUT2D eigenvalue weighted by Gasteiger charge is -2.32. The van der Waals surface area contributed by atoms with Gasteiger partial charge in [0.2, 0.25) is 0 Å². The van der Waals surface area contributed by atoms with E-state index < -0.39 is 7.92 Å². The van der Waals surface area contributed by atoms with Crippen molar-refractivity contribution >= 4 is 18.5 Å². The fraction of sp³-hybridized carbons (Fsp3) is 0.250. The molecule has 0 fully saturated rings. The Hall–Kier alpha value is -1.27. The van der Waals surface area contributed by atoms with Crippen LogP contribution in [-0.2, 0) is 0 Å². The molecule has 2 aromatic carbocycles. The number of hydrogen-bond donors (Lipinski definition) is 0. The van der Waals surface area contributed by atoms with E-state index in [9.17, 15) is 8.78 Å². The highest BCUT2D eigenvalue weighted by atomic mass is 31.1. The summed E-state index contributed by atoms with van der Waals surface area (Å²) < 4.78 is 28.2. The van der Waals surface area contributed by atoms with Crippen molar-refractivity contribution in [2.24, 2.45) is 0 Å². The summed E-state index contributed by atoms with van der Waals surface area (Å²) in [4.78, 5) is 0. The van der Waals surface area contributed by atoms with Crippen LogP contribution in [0.1, 0.15) is 20.8 Å². The quantitative estimate of drug-likeness (QED) is 0.722. The summed E-state index contributed by atoms with van der Waals surface area (Å²) in [6, 6.07) is 13.3. The summed E-state index contributed by atoms with van der Waals surface area (Å²) in [6.07, 6.45) is 0. The molecule has 19 heavy (non-hydrogen) atoms. The molecule has 0 radical (unpaired) electrons. The SMILES string of the molecule is CC(C)(C)P(c1ccccc1F)c1ccccc1F. The Morgan fingerprint density at radius 1 is 0.737 bits per heavy atom. The van der Waals surface area contributed by atoms with Crippen LogP contribution in [0.3, 0.4) is 0 Å². The predicted molar refractivity (Wildman–Crippen MR) is 78.7 cm³/mol. The normalized spacial score (nSPS) is 11.9. The monoisotopic (exact) mass is 278 g/mol. The van der Waals surface area contributed by atoms with E-state index in [1.54, 1.807) is 36.4 Å². The zero-order chi connectivity index (χ0) is 14.0. The summed E-state index contributed by atoms with van der Waals surface area (Å²) in [6.45, 7) is 6.08. The van der Waals surface area contributed by atoms with Crippen LogP contribution in [0.4, 0.5) is 8.78 Å². The molecule has 3 heteroatoms. The molecule has 0 spiro atoms. The van der Waals surface area contributed by atoms with Gasteiger partial charge in [-0.05, 0) is 25.2 Å². The summed E-state index contributed by atoms with van der Waals surface area (Å²) in [7, 11) is -1.08. The molecule has 2 aromatic rings. The van der Waals surface area contributed by atoms with E-state index in [1.165, 1.54) is 12.1 Å². The van der Waals surface area contributed by atoms with Crippen LogP contribution in [0.25, 0.3) is 0 Å². The van der Waals surface area contributed by atoms with Crippen LogP contribution < -0.4 is 10.6 Å². The van der Waals surface area contributed by atoms with Crippen molar-refractivity contribution in [2.75, 3.05) is 0 Å². The second-order valence-corrected chi connectivity index (χ2v) is 8.39. The minimum Gasteiger partial charge on any atom is -0.206 e. The number of benzene rings is 2. The highest BCUT2D eigenvalue weighted by Crippen LogP contribution is 2.48. The standard InChI is InChI=1S/C16H17F2P/c1-16(2,3)19(14-10-6-4-8-12(14)17)15-11-7-5-9-13(15)18/h4-11H,1-3H3. The van der Waals surface area contributed by atoms with Gasteiger partial charge in [-0.1, -0.05) is 57.2 Å². The Morgan fingerprint density at radius 2 is 1.11 bits per heavy atom. The van der Waals surface area contributed by atoms with E-state index in [1.807, 2.05) is 20.8 Å². The average molecular weight is 278 g/mol. The molecule has 100 valence electrons. The fourth-order valence-electron chi connectivity index (χ4n) is 2.12. The summed E-state index contributed by atoms with van der Waals surface area (Å²) in [5, 5.41) is 1.00. The second-order valence-electron chi connectivity index (χ2n) is 5.41. The molecule has 0 aliphatic heterocycles. The van der Waals surface area contributed by atoms with Crippen LogP contribution in [0.15, 0.2) is 48.5 Å². The van der Waals surface area contributed by atoms with Gasteiger partial charge in [-0.3, -0.25) is 0 Å². The summed E-state index contributed by atoms with van der Waals surface area (Å²) in [5.74, 6) is -0.515. The van der Waals surface area contributed by atoms with E-state index in [0.29, 0.717) is 10.6 Å². The van der Waals surface area contributed by atoms with Gasteiger partial charge in [-0.25, -0.2) is 8.78 Å². The van der Waals surface area contributed by atoms with Crippen molar-refractivity contribution in [3.05, 3.63) is 60.2 Å². The van der Waals surface area contributed by atoms with E-state index in [0.717, 1.165) is 0 Å². The number of hydrogen-bond acceptors (Lipinski definition) is 0. The lowest BCUT2D eigenvalue weighted by molar-refractivity contribution is 0.632. The van der Waals surface area contributed by atoms with E-state index in [2.05, 4.69) is 0 Å². The smallest absolute Gasteiger partial charge is 0.131 e. The maximum absolute atomic E-state index is 14.1. The largest absolute Gasteiger partial charge is 0.206 e. The Labute approximate surface area is 114 Å². The van der Waals surface area contributed by atoms with Gasteiger partial charge < -0.3 is 0 Å². The average Bonchev–Trinajstić information content (AvgIpc) is 2.33. The lowest BCUT2D eigenvalue weighted by atomic mass is 10.2. The first-order valence-electron chi connectivity index (χ1n) is 6.20. The second kappa shape index (κ2) is 5.38. The fourth-order valence-corrected chi connectivity index (χ4v) is 4.87. The maximum Gasteiger partial charge on any atom is 0.131 e. The van der Waals surface area contributed by atoms with Crippen molar-refractivity contribution in [1.82, 2.24) is 0 Å². The van der Waals surface area contributed by atoms with Crippen molar-refractivity contribution < 1.29 is 8.78 Å². The molecule has 0 aliphatic rings. The number of halogens is 2. The van der Waals surface area contributed by atoms with Gasteiger partial charge in [0.15, 0.2) is 0 Å². The van der Waals surface area contributed by atoms with Crippen molar-refractivity contribution in [3.63, 3.8) is 0 Å². The zero-order valence-corrected chi connectivity index (χ0v) is 12.2. The molecule has 0 aromatic heterocycles. The molecule has 0 N–H and O–H groups in total. The summed E-state index contributed by atoms with van der Waals surface area (Å²) in [5.41, 5.74) is 0. The Morgan fingerprint density at radius 3 is 1.42 bits per heavy atom. The van der Waals surface area contributed by atoms with Crippen LogP contribution in [-0.4, -0.2) is 5.16 Å². The third kappa shape index (κ3) is 3.01. The van der Waals surface area contributed by atoms with Crippen molar-refractivity contribution in [2.45, 2.75) is 25.9 Å². The molecule has 2 rings (SSSR count). The molecule has 0 atom stereocenters. The molecule has 0 aliphatic carbocycles. The van der Waals surface area contributed by atoms with Gasteiger partial charge >= 0.3 is 0 Å². The maximum atomic E-state index is 14.1. The van der Waals surface area contributed by atoms with Gasteiger partial charge in [0.1, 0.15) is 11.6 Å². The minimum absolute atomic E-state index is 0.209. The minimum atomic E-state index is -1.08. The van der Waals surface area contributed by atoms with Gasteiger partial charge in [0.05, 0.1) is 0 Å². The first kappa shape index (κ1) is 14.1.